The number of rotatable bonds is 5. The maximum atomic E-state index is 12.2. The van der Waals surface area contributed by atoms with E-state index >= 15 is 0 Å². The van der Waals surface area contributed by atoms with E-state index in [9.17, 15) is 18.0 Å². The normalized spacial score (nSPS) is 11.2. The van der Waals surface area contributed by atoms with Crippen LogP contribution in [0.3, 0.4) is 0 Å². The number of amides is 1. The Hall–Kier alpha value is -3.64. The second kappa shape index (κ2) is 7.54. The third kappa shape index (κ3) is 4.75. The van der Waals surface area contributed by atoms with Crippen LogP contribution in [0.25, 0.3) is 5.69 Å². The van der Waals surface area contributed by atoms with Crippen molar-refractivity contribution in [2.75, 3.05) is 10.5 Å². The van der Waals surface area contributed by atoms with Crippen molar-refractivity contribution in [3.05, 3.63) is 60.4 Å². The molecule has 3 rings (SSSR count). The first-order chi connectivity index (χ1) is 13.2. The van der Waals surface area contributed by atoms with Crippen molar-refractivity contribution >= 4 is 17.5 Å². The Bertz CT molecular complexity index is 956. The van der Waals surface area contributed by atoms with Crippen LogP contribution in [0.1, 0.15) is 10.4 Å². The van der Waals surface area contributed by atoms with Gasteiger partial charge in [0.15, 0.2) is 0 Å². The molecule has 3 aromatic rings. The average Bonchev–Trinajstić information content (AvgIpc) is 3.09. The minimum atomic E-state index is -4.78. The second-order valence-electron chi connectivity index (χ2n) is 5.34. The summed E-state index contributed by atoms with van der Waals surface area (Å²) in [5, 5.41) is 24.1. The number of benzene rings is 2. The van der Waals surface area contributed by atoms with Crippen molar-refractivity contribution in [3.8, 4) is 11.4 Å². The van der Waals surface area contributed by atoms with Gasteiger partial charge in [0.25, 0.3) is 5.91 Å². The molecule has 3 N–H and O–H groups in total. The predicted molar refractivity (Wildman–Crippen MR) is 88.5 cm³/mol. The van der Waals surface area contributed by atoms with Crippen LogP contribution >= 0.6 is 0 Å². The van der Waals surface area contributed by atoms with Gasteiger partial charge in [0.05, 0.1) is 11.4 Å². The van der Waals surface area contributed by atoms with E-state index < -0.39 is 12.3 Å². The van der Waals surface area contributed by atoms with Crippen LogP contribution in [0.4, 0.5) is 24.8 Å². The molecule has 0 atom stereocenters. The van der Waals surface area contributed by atoms with Crippen LogP contribution in [0.15, 0.2) is 54.9 Å². The molecular weight excluding hydrogens is 383 g/mol. The quantitative estimate of drug-likeness (QED) is 0.569. The molecule has 9 nitrogen and oxygen atoms in total. The van der Waals surface area contributed by atoms with Crippen molar-refractivity contribution < 1.29 is 33.1 Å². The lowest BCUT2D eigenvalue weighted by Gasteiger charge is -2.09. The molecule has 28 heavy (non-hydrogen) atoms. The van der Waals surface area contributed by atoms with Gasteiger partial charge in [-0.05, 0) is 48.5 Å². The zero-order valence-corrected chi connectivity index (χ0v) is 13.8. The molecule has 0 unspecified atom stereocenters. The molecule has 0 fully saturated rings. The van der Waals surface area contributed by atoms with Gasteiger partial charge in [0.2, 0.25) is 5.95 Å². The topological polar surface area (TPSA) is 113 Å². The monoisotopic (exact) mass is 395 g/mol. The van der Waals surface area contributed by atoms with Crippen molar-refractivity contribution in [2.24, 2.45) is 0 Å². The van der Waals surface area contributed by atoms with E-state index in [4.69, 9.17) is 10.4 Å². The number of nitrogens with one attached hydrogen (secondary N) is 1. The zero-order chi connectivity index (χ0) is 20.3. The Balaban J connectivity index is 1.67. The Labute approximate surface area is 155 Å². The van der Waals surface area contributed by atoms with Gasteiger partial charge in [0, 0.05) is 5.56 Å². The number of halogens is 3. The largest absolute Gasteiger partial charge is 0.573 e. The third-order valence-electron chi connectivity index (χ3n) is 3.41. The van der Waals surface area contributed by atoms with Crippen molar-refractivity contribution in [3.63, 3.8) is 0 Å². The molecule has 1 amide bonds. The third-order valence-corrected chi connectivity index (χ3v) is 3.41. The van der Waals surface area contributed by atoms with E-state index in [1.54, 1.807) is 0 Å². The highest BCUT2D eigenvalue weighted by Gasteiger charge is 2.31. The first-order valence-corrected chi connectivity index (χ1v) is 7.58. The summed E-state index contributed by atoms with van der Waals surface area (Å²) in [6.45, 7) is 0. The smallest absolute Gasteiger partial charge is 0.406 e. The molecule has 2 aromatic carbocycles. The van der Waals surface area contributed by atoms with Gasteiger partial charge in [0.1, 0.15) is 12.1 Å². The van der Waals surface area contributed by atoms with Crippen LogP contribution in [0, 0.1) is 0 Å². The van der Waals surface area contributed by atoms with E-state index in [1.807, 2.05) is 0 Å². The Morgan fingerprint density at radius 2 is 1.71 bits per heavy atom. The van der Waals surface area contributed by atoms with Gasteiger partial charge in [-0.25, -0.2) is 4.68 Å². The lowest BCUT2D eigenvalue weighted by molar-refractivity contribution is -0.274. The molecule has 0 aliphatic heterocycles. The van der Waals surface area contributed by atoms with Gasteiger partial charge >= 0.3 is 6.36 Å². The van der Waals surface area contributed by atoms with E-state index in [-0.39, 0.29) is 28.2 Å². The number of anilines is 2. The lowest BCUT2D eigenvalue weighted by Crippen LogP contribution is -2.17. The van der Waals surface area contributed by atoms with Crippen LogP contribution < -0.4 is 15.3 Å². The van der Waals surface area contributed by atoms with Gasteiger partial charge in [-0.1, -0.05) is 0 Å². The molecule has 0 radical (unpaired) electrons. The fourth-order valence-corrected chi connectivity index (χ4v) is 2.17. The summed E-state index contributed by atoms with van der Waals surface area (Å²) in [5.41, 5.74) is 0.686. The number of nitrogens with zero attached hydrogens (tertiary/aromatic N) is 4. The molecule has 146 valence electrons. The molecule has 0 bridgehead atoms. The number of hydrogen-bond donors (Lipinski definition) is 3. The summed E-state index contributed by atoms with van der Waals surface area (Å²) in [5.74, 6) is -0.950. The number of alkyl halides is 3. The standard InChI is InChI=1S/C16H12F3N5O4/c17-16(18,19)28-13-7-5-11(6-8-13)23-9-20-15(22-23)21-14(25)10-1-3-12(4-2-10)24(26)27/h1-9,26-27H,(H,21,22,25). The number of aromatic nitrogens is 3. The van der Waals surface area contributed by atoms with Crippen LogP contribution in [-0.2, 0) is 0 Å². The highest BCUT2D eigenvalue weighted by Crippen LogP contribution is 2.23. The second-order valence-corrected chi connectivity index (χ2v) is 5.34. The van der Waals surface area contributed by atoms with Gasteiger partial charge in [-0.3, -0.25) is 20.5 Å². The summed E-state index contributed by atoms with van der Waals surface area (Å²) < 4.78 is 41.6. The Morgan fingerprint density at radius 1 is 1.07 bits per heavy atom. The van der Waals surface area contributed by atoms with Crippen molar-refractivity contribution in [2.45, 2.75) is 6.36 Å². The fraction of sp³-hybridized carbons (Fsp3) is 0.0625. The molecule has 0 aliphatic carbocycles. The Kier molecular flexibility index (Phi) is 5.15. The lowest BCUT2D eigenvalue weighted by atomic mass is 10.2. The first kappa shape index (κ1) is 19.1. The number of carbonyl (C=O) groups is 1. The Morgan fingerprint density at radius 3 is 2.29 bits per heavy atom. The molecule has 1 aromatic heterocycles. The predicted octanol–water partition coefficient (Wildman–Crippen LogP) is 3.00. The number of carbonyl (C=O) groups excluding carboxylic acids is 1. The minimum Gasteiger partial charge on any atom is -0.406 e. The van der Waals surface area contributed by atoms with E-state index in [0.29, 0.717) is 5.69 Å². The fourth-order valence-electron chi connectivity index (χ4n) is 2.17. The molecule has 0 saturated carbocycles. The summed E-state index contributed by atoms with van der Waals surface area (Å²) in [6, 6.07) is 10.3. The molecule has 0 aliphatic rings. The highest BCUT2D eigenvalue weighted by atomic mass is 19.4. The minimum absolute atomic E-state index is 0.0318. The summed E-state index contributed by atoms with van der Waals surface area (Å²) >= 11 is 0. The summed E-state index contributed by atoms with van der Waals surface area (Å²) in [7, 11) is 0. The molecule has 12 heteroatoms. The number of ether oxygens (including phenoxy) is 1. The van der Waals surface area contributed by atoms with Crippen LogP contribution in [-0.4, -0.2) is 37.4 Å². The molecule has 0 saturated heterocycles. The van der Waals surface area contributed by atoms with Gasteiger partial charge in [-0.15, -0.1) is 23.5 Å². The van der Waals surface area contributed by atoms with Crippen LogP contribution in [0.2, 0.25) is 0 Å². The van der Waals surface area contributed by atoms with E-state index in [2.05, 4.69) is 20.1 Å². The first-order valence-electron chi connectivity index (χ1n) is 7.58. The highest BCUT2D eigenvalue weighted by molar-refractivity contribution is 6.03. The van der Waals surface area contributed by atoms with Gasteiger partial charge < -0.3 is 4.74 Å². The van der Waals surface area contributed by atoms with E-state index in [1.165, 1.54) is 47.4 Å². The maximum Gasteiger partial charge on any atom is 0.573 e. The van der Waals surface area contributed by atoms with Crippen molar-refractivity contribution in [1.29, 1.82) is 0 Å². The molecule has 0 spiro atoms. The zero-order valence-electron chi connectivity index (χ0n) is 13.8. The molecular formula is C16H12F3N5O4. The van der Waals surface area contributed by atoms with Crippen molar-refractivity contribution in [1.82, 2.24) is 14.8 Å². The summed E-state index contributed by atoms with van der Waals surface area (Å²) in [4.78, 5) is 16.1. The SMILES string of the molecule is O=C(Nc1ncn(-c2ccc(OC(F)(F)F)cc2)n1)c1ccc(N(O)O)cc1. The van der Waals surface area contributed by atoms with Crippen LogP contribution in [0.5, 0.6) is 5.75 Å². The van der Waals surface area contributed by atoms with Gasteiger partial charge in [-0.2, -0.15) is 4.98 Å². The summed E-state index contributed by atoms with van der Waals surface area (Å²) in [6.07, 6.45) is -3.51. The van der Waals surface area contributed by atoms with E-state index in [0.717, 1.165) is 12.1 Å². The molecule has 1 heterocycles. The average molecular weight is 395 g/mol. The maximum absolute atomic E-state index is 12.2. The number of hydrogen-bond acceptors (Lipinski definition) is 7.